The Kier molecular flexibility index (Phi) is 3.64. The van der Waals surface area contributed by atoms with Gasteiger partial charge >= 0.3 is 6.09 Å². The van der Waals surface area contributed by atoms with E-state index in [1.165, 1.54) is 0 Å². The number of nitrogens with zero attached hydrogens (tertiary/aromatic N) is 1. The van der Waals surface area contributed by atoms with Crippen LogP contribution in [-0.2, 0) is 4.74 Å². The van der Waals surface area contributed by atoms with Gasteiger partial charge in [-0.15, -0.1) is 0 Å². The fourth-order valence-corrected chi connectivity index (χ4v) is 1.99. The first-order valence-corrected chi connectivity index (χ1v) is 5.87. The lowest BCUT2D eigenvalue weighted by Crippen LogP contribution is -2.25. The van der Waals surface area contributed by atoms with Crippen LogP contribution in [0.4, 0.5) is 10.5 Å². The number of rotatable bonds is 2. The van der Waals surface area contributed by atoms with Crippen molar-refractivity contribution in [2.24, 2.45) is 0 Å². The van der Waals surface area contributed by atoms with Crippen LogP contribution in [0.5, 0.6) is 0 Å². The van der Waals surface area contributed by atoms with Crippen molar-refractivity contribution in [1.82, 2.24) is 4.90 Å². The summed E-state index contributed by atoms with van der Waals surface area (Å²) in [6.45, 7) is 3.77. The van der Waals surface area contributed by atoms with Gasteiger partial charge in [0.15, 0.2) is 0 Å². The van der Waals surface area contributed by atoms with E-state index in [1.54, 1.807) is 0 Å². The van der Waals surface area contributed by atoms with E-state index >= 15 is 0 Å². The number of hydrogen-bond acceptors (Lipinski definition) is 3. The lowest BCUT2D eigenvalue weighted by atomic mass is 10.2. The number of amides is 1. The van der Waals surface area contributed by atoms with Gasteiger partial charge in [-0.05, 0) is 32.0 Å². The quantitative estimate of drug-likeness (QED) is 0.853. The normalized spacial score (nSPS) is 20.2. The number of carbonyl (C=O) groups is 1. The van der Waals surface area contributed by atoms with Crippen LogP contribution in [0, 0.1) is 6.92 Å². The molecule has 0 spiro atoms. The number of carbonyl (C=O) groups excluding carboxylic acids is 1. The van der Waals surface area contributed by atoms with Crippen molar-refractivity contribution in [1.29, 1.82) is 0 Å². The first kappa shape index (κ1) is 11.9. The molecule has 1 N–H and O–H groups in total. The summed E-state index contributed by atoms with van der Waals surface area (Å²) in [6.07, 6.45) is 0.571. The third-order valence-corrected chi connectivity index (χ3v) is 3.00. The first-order valence-electron chi connectivity index (χ1n) is 5.87. The summed E-state index contributed by atoms with van der Waals surface area (Å²) in [5, 5.41) is 2.77. The number of anilines is 1. The molecule has 1 heterocycles. The molecule has 1 atom stereocenters. The average Bonchev–Trinajstić information content (AvgIpc) is 2.67. The van der Waals surface area contributed by atoms with Crippen molar-refractivity contribution in [3.05, 3.63) is 29.8 Å². The molecule has 0 saturated carbocycles. The second-order valence-electron chi connectivity index (χ2n) is 4.52. The molecule has 0 aromatic heterocycles. The van der Waals surface area contributed by atoms with Gasteiger partial charge in [-0.25, -0.2) is 4.79 Å². The Balaban J connectivity index is 1.87. The van der Waals surface area contributed by atoms with Gasteiger partial charge in [0.2, 0.25) is 0 Å². The van der Waals surface area contributed by atoms with Crippen LogP contribution in [0.2, 0.25) is 0 Å². The van der Waals surface area contributed by atoms with E-state index in [1.807, 2.05) is 38.2 Å². The Bertz CT molecular complexity index is 406. The highest BCUT2D eigenvalue weighted by atomic mass is 16.6. The van der Waals surface area contributed by atoms with Crippen molar-refractivity contribution in [2.75, 3.05) is 25.5 Å². The maximum atomic E-state index is 11.7. The summed E-state index contributed by atoms with van der Waals surface area (Å²) >= 11 is 0. The van der Waals surface area contributed by atoms with E-state index in [-0.39, 0.29) is 12.2 Å². The van der Waals surface area contributed by atoms with E-state index in [0.29, 0.717) is 0 Å². The maximum absolute atomic E-state index is 11.7. The third-order valence-electron chi connectivity index (χ3n) is 3.00. The largest absolute Gasteiger partial charge is 0.445 e. The molecule has 1 saturated heterocycles. The summed E-state index contributed by atoms with van der Waals surface area (Å²) in [5.74, 6) is 0. The van der Waals surface area contributed by atoms with Crippen molar-refractivity contribution in [2.45, 2.75) is 19.4 Å². The molecule has 1 aliphatic heterocycles. The third kappa shape index (κ3) is 3.20. The molecule has 0 bridgehead atoms. The Morgan fingerprint density at radius 2 is 2.24 bits per heavy atom. The summed E-state index contributed by atoms with van der Waals surface area (Å²) < 4.78 is 5.35. The van der Waals surface area contributed by atoms with Gasteiger partial charge in [0, 0.05) is 18.8 Å². The highest BCUT2D eigenvalue weighted by Gasteiger charge is 2.22. The zero-order valence-corrected chi connectivity index (χ0v) is 10.3. The van der Waals surface area contributed by atoms with E-state index in [4.69, 9.17) is 4.74 Å². The molecule has 0 radical (unpaired) electrons. The monoisotopic (exact) mass is 234 g/mol. The van der Waals surface area contributed by atoms with Gasteiger partial charge in [0.25, 0.3) is 0 Å². The van der Waals surface area contributed by atoms with Crippen LogP contribution in [0.1, 0.15) is 12.0 Å². The molecule has 1 amide bonds. The smallest absolute Gasteiger partial charge is 0.411 e. The molecule has 1 fully saturated rings. The van der Waals surface area contributed by atoms with Crippen LogP contribution < -0.4 is 5.32 Å². The molecule has 4 nitrogen and oxygen atoms in total. The molecule has 2 rings (SSSR count). The van der Waals surface area contributed by atoms with Crippen molar-refractivity contribution in [3.63, 3.8) is 0 Å². The van der Waals surface area contributed by atoms with Crippen LogP contribution in [0.3, 0.4) is 0 Å². The van der Waals surface area contributed by atoms with Gasteiger partial charge in [-0.2, -0.15) is 0 Å². The predicted molar refractivity (Wildman–Crippen MR) is 67.2 cm³/mol. The van der Waals surface area contributed by atoms with Crippen LogP contribution in [0.15, 0.2) is 24.3 Å². The molecule has 0 unspecified atom stereocenters. The van der Waals surface area contributed by atoms with Crippen LogP contribution in [0.25, 0.3) is 0 Å². The average molecular weight is 234 g/mol. The summed E-state index contributed by atoms with van der Waals surface area (Å²) in [6, 6.07) is 7.67. The van der Waals surface area contributed by atoms with Gasteiger partial charge < -0.3 is 9.64 Å². The van der Waals surface area contributed by atoms with Gasteiger partial charge in [-0.3, -0.25) is 5.32 Å². The van der Waals surface area contributed by atoms with Crippen molar-refractivity contribution < 1.29 is 9.53 Å². The number of likely N-dealkylation sites (N-methyl/N-ethyl adjacent to an activating group) is 1. The number of nitrogens with one attached hydrogen (secondary N) is 1. The number of ether oxygens (including phenoxy) is 1. The maximum Gasteiger partial charge on any atom is 0.411 e. The van der Waals surface area contributed by atoms with E-state index < -0.39 is 0 Å². The number of likely N-dealkylation sites (tertiary alicyclic amines) is 1. The highest BCUT2D eigenvalue weighted by molar-refractivity contribution is 5.85. The zero-order chi connectivity index (χ0) is 12.3. The second-order valence-corrected chi connectivity index (χ2v) is 4.52. The van der Waals surface area contributed by atoms with Crippen molar-refractivity contribution >= 4 is 11.8 Å². The number of benzene rings is 1. The number of para-hydroxylation sites is 1. The van der Waals surface area contributed by atoms with Gasteiger partial charge in [0.05, 0.1) is 0 Å². The molecule has 0 aliphatic carbocycles. The van der Waals surface area contributed by atoms with Gasteiger partial charge in [0.1, 0.15) is 6.10 Å². The molecule has 1 aromatic rings. The lowest BCUT2D eigenvalue weighted by Gasteiger charge is -2.13. The minimum absolute atomic E-state index is 0.0176. The first-order chi connectivity index (χ1) is 8.15. The fourth-order valence-electron chi connectivity index (χ4n) is 1.99. The topological polar surface area (TPSA) is 41.6 Å². The Labute approximate surface area is 102 Å². The predicted octanol–water partition coefficient (Wildman–Crippen LogP) is 2.25. The van der Waals surface area contributed by atoms with Crippen LogP contribution in [-0.4, -0.2) is 37.2 Å². The SMILES string of the molecule is Cc1ccccc1NC(=O)O[C@@H]1CCN(C)C1. The molecule has 92 valence electrons. The standard InChI is InChI=1S/C13H18N2O2/c1-10-5-3-4-6-12(10)14-13(16)17-11-7-8-15(2)9-11/h3-6,11H,7-9H2,1-2H3,(H,14,16)/t11-/m1/s1. The Morgan fingerprint density at radius 3 is 2.88 bits per heavy atom. The molecule has 1 aromatic carbocycles. The van der Waals surface area contributed by atoms with Gasteiger partial charge in [-0.1, -0.05) is 18.2 Å². The highest BCUT2D eigenvalue weighted by Crippen LogP contribution is 2.15. The Hall–Kier alpha value is -1.55. The van der Waals surface area contributed by atoms with Crippen LogP contribution >= 0.6 is 0 Å². The molecular formula is C13H18N2O2. The fraction of sp³-hybridized carbons (Fsp3) is 0.462. The molecule has 17 heavy (non-hydrogen) atoms. The van der Waals surface area contributed by atoms with E-state index in [0.717, 1.165) is 30.8 Å². The molecule has 1 aliphatic rings. The second kappa shape index (κ2) is 5.19. The molecular weight excluding hydrogens is 216 g/mol. The van der Waals surface area contributed by atoms with E-state index in [9.17, 15) is 4.79 Å². The number of hydrogen-bond donors (Lipinski definition) is 1. The summed E-state index contributed by atoms with van der Waals surface area (Å²) in [4.78, 5) is 13.8. The molecule has 4 heteroatoms. The number of aryl methyl sites for hydroxylation is 1. The minimum atomic E-state index is -0.361. The van der Waals surface area contributed by atoms with Crippen molar-refractivity contribution in [3.8, 4) is 0 Å². The zero-order valence-electron chi connectivity index (χ0n) is 10.3. The minimum Gasteiger partial charge on any atom is -0.445 e. The van der Waals surface area contributed by atoms with E-state index in [2.05, 4.69) is 10.2 Å². The lowest BCUT2D eigenvalue weighted by molar-refractivity contribution is 0.115. The summed E-state index contributed by atoms with van der Waals surface area (Å²) in [7, 11) is 2.03. The Morgan fingerprint density at radius 1 is 1.47 bits per heavy atom. The summed E-state index contributed by atoms with van der Waals surface area (Å²) in [5.41, 5.74) is 1.84.